The molecule has 0 amide bonds. The van der Waals surface area contributed by atoms with Crippen LogP contribution in [0.1, 0.15) is 40.5 Å². The molecule has 0 radical (unpaired) electrons. The van der Waals surface area contributed by atoms with Crippen molar-refractivity contribution < 1.29 is 9.31 Å². The van der Waals surface area contributed by atoms with Crippen molar-refractivity contribution in [2.45, 2.75) is 52.7 Å². The first-order valence-electron chi connectivity index (χ1n) is 5.41. The number of rotatable bonds is 6. The molecular formula is C11H20BClO2. The van der Waals surface area contributed by atoms with Gasteiger partial charge in [0.1, 0.15) is 0 Å². The van der Waals surface area contributed by atoms with Gasteiger partial charge >= 0.3 is 7.12 Å². The van der Waals surface area contributed by atoms with Crippen LogP contribution >= 0.6 is 11.6 Å². The molecule has 0 heterocycles. The molecule has 0 aromatic rings. The zero-order valence-electron chi connectivity index (χ0n) is 10.0. The molecule has 2 nitrogen and oxygen atoms in total. The molecule has 0 aliphatic carbocycles. The molecule has 86 valence electrons. The molecule has 0 aromatic carbocycles. The van der Waals surface area contributed by atoms with Gasteiger partial charge in [-0.1, -0.05) is 5.82 Å². The van der Waals surface area contributed by atoms with E-state index in [-0.39, 0.29) is 12.2 Å². The van der Waals surface area contributed by atoms with Crippen LogP contribution in [0.25, 0.3) is 0 Å². The van der Waals surface area contributed by atoms with E-state index >= 15 is 0 Å². The van der Waals surface area contributed by atoms with Crippen molar-refractivity contribution in [2.75, 3.05) is 5.88 Å². The normalized spacial score (nSPS) is 10.3. The number of alkyl halides is 1. The van der Waals surface area contributed by atoms with E-state index in [1.54, 1.807) is 0 Å². The summed E-state index contributed by atoms with van der Waals surface area (Å²) in [7, 11) is -0.416. The lowest BCUT2D eigenvalue weighted by atomic mass is 9.90. The maximum Gasteiger partial charge on any atom is 0.550 e. The van der Waals surface area contributed by atoms with Crippen LogP contribution in [0, 0.1) is 11.7 Å². The van der Waals surface area contributed by atoms with Gasteiger partial charge in [0, 0.05) is 24.5 Å². The summed E-state index contributed by atoms with van der Waals surface area (Å²) in [6, 6.07) is 0. The van der Waals surface area contributed by atoms with E-state index in [0.717, 1.165) is 12.8 Å². The predicted octanol–water partition coefficient (Wildman–Crippen LogP) is 2.89. The Bertz CT molecular complexity index is 198. The number of hydrogen-bond donors (Lipinski definition) is 0. The predicted molar refractivity (Wildman–Crippen MR) is 65.9 cm³/mol. The summed E-state index contributed by atoms with van der Waals surface area (Å²) in [4.78, 5) is 0. The number of hydrogen-bond acceptors (Lipinski definition) is 2. The molecule has 0 atom stereocenters. The van der Waals surface area contributed by atoms with E-state index in [2.05, 4.69) is 11.7 Å². The van der Waals surface area contributed by atoms with Crippen molar-refractivity contribution in [2.24, 2.45) is 0 Å². The van der Waals surface area contributed by atoms with Crippen LogP contribution in [-0.2, 0) is 9.31 Å². The maximum atomic E-state index is 5.56. The van der Waals surface area contributed by atoms with Crippen molar-refractivity contribution in [3.63, 3.8) is 0 Å². The molecule has 0 saturated heterocycles. The summed E-state index contributed by atoms with van der Waals surface area (Å²) in [5.41, 5.74) is 0. The highest BCUT2D eigenvalue weighted by atomic mass is 35.5. The van der Waals surface area contributed by atoms with Crippen molar-refractivity contribution >= 4 is 18.7 Å². The average molecular weight is 231 g/mol. The molecule has 0 fully saturated rings. The third-order valence-electron chi connectivity index (χ3n) is 1.45. The molecule has 0 bridgehead atoms. The summed E-state index contributed by atoms with van der Waals surface area (Å²) in [5.74, 6) is 6.63. The standard InChI is InChI=1S/C11H20BClO2/c1-10(2)14-12(15-11(3)4)8-6-5-7-9-13/h10-11H,5,7,9H2,1-4H3. The third-order valence-corrected chi connectivity index (χ3v) is 1.71. The van der Waals surface area contributed by atoms with E-state index in [4.69, 9.17) is 20.9 Å². The van der Waals surface area contributed by atoms with Crippen molar-refractivity contribution in [3.05, 3.63) is 0 Å². The first-order chi connectivity index (χ1) is 7.06. The minimum atomic E-state index is -0.416. The minimum Gasteiger partial charge on any atom is -0.398 e. The van der Waals surface area contributed by atoms with Crippen LogP contribution < -0.4 is 0 Å². The fourth-order valence-corrected chi connectivity index (χ4v) is 1.04. The van der Waals surface area contributed by atoms with Gasteiger partial charge in [0.2, 0.25) is 0 Å². The Labute approximate surface area is 98.8 Å². The van der Waals surface area contributed by atoms with Gasteiger partial charge in [-0.2, -0.15) is 0 Å². The summed E-state index contributed by atoms with van der Waals surface area (Å²) in [6.07, 6.45) is 1.94. The van der Waals surface area contributed by atoms with E-state index in [1.807, 2.05) is 27.7 Å². The molecule has 0 aliphatic rings. The monoisotopic (exact) mass is 230 g/mol. The Morgan fingerprint density at radius 2 is 1.67 bits per heavy atom. The molecule has 0 saturated carbocycles. The van der Waals surface area contributed by atoms with E-state index in [9.17, 15) is 0 Å². The minimum absolute atomic E-state index is 0.121. The Hall–Kier alpha value is -0.165. The molecule has 0 N–H and O–H groups in total. The zero-order chi connectivity index (χ0) is 11.7. The van der Waals surface area contributed by atoms with E-state index in [0.29, 0.717) is 5.88 Å². The van der Waals surface area contributed by atoms with Gasteiger partial charge in [-0.15, -0.1) is 17.5 Å². The fourth-order valence-electron chi connectivity index (χ4n) is 0.905. The van der Waals surface area contributed by atoms with Gasteiger partial charge in [-0.05, 0) is 34.1 Å². The quantitative estimate of drug-likeness (QED) is 0.302. The second kappa shape index (κ2) is 9.09. The number of halogens is 1. The van der Waals surface area contributed by atoms with Crippen molar-refractivity contribution in [1.82, 2.24) is 0 Å². The molecular weight excluding hydrogens is 210 g/mol. The van der Waals surface area contributed by atoms with E-state index in [1.165, 1.54) is 0 Å². The van der Waals surface area contributed by atoms with Gasteiger partial charge in [0.05, 0.1) is 0 Å². The Kier molecular flexibility index (Phi) is 8.99. The lowest BCUT2D eigenvalue weighted by Gasteiger charge is -2.14. The van der Waals surface area contributed by atoms with Crippen molar-refractivity contribution in [1.29, 1.82) is 0 Å². The van der Waals surface area contributed by atoms with Crippen LogP contribution in [0.5, 0.6) is 0 Å². The molecule has 0 rings (SSSR count). The smallest absolute Gasteiger partial charge is 0.398 e. The molecule has 0 spiro atoms. The Balaban J connectivity index is 4.02. The molecule has 4 heteroatoms. The summed E-state index contributed by atoms with van der Waals surface area (Å²) in [6.45, 7) is 7.88. The van der Waals surface area contributed by atoms with Crippen LogP contribution in [0.4, 0.5) is 0 Å². The lowest BCUT2D eigenvalue weighted by molar-refractivity contribution is 0.140. The molecule has 0 unspecified atom stereocenters. The zero-order valence-corrected chi connectivity index (χ0v) is 10.8. The molecule has 0 aliphatic heterocycles. The average Bonchev–Trinajstić information content (AvgIpc) is 2.10. The summed E-state index contributed by atoms with van der Waals surface area (Å²) < 4.78 is 11.0. The van der Waals surface area contributed by atoms with Crippen LogP contribution in [-0.4, -0.2) is 25.2 Å². The lowest BCUT2D eigenvalue weighted by Crippen LogP contribution is -2.28. The maximum absolute atomic E-state index is 5.56. The van der Waals surface area contributed by atoms with Gasteiger partial charge < -0.3 is 9.31 Å². The second-order valence-electron chi connectivity index (χ2n) is 3.82. The SMILES string of the molecule is CC(C)OB(C#CCCCCl)OC(C)C. The second-order valence-corrected chi connectivity index (χ2v) is 4.19. The number of unbranched alkanes of at least 4 members (excludes halogenated alkanes) is 1. The molecule has 15 heavy (non-hydrogen) atoms. The summed E-state index contributed by atoms with van der Waals surface area (Å²) in [5, 5.41) is 0. The van der Waals surface area contributed by atoms with Crippen LogP contribution in [0.15, 0.2) is 0 Å². The largest absolute Gasteiger partial charge is 0.550 e. The van der Waals surface area contributed by atoms with Crippen LogP contribution in [0.3, 0.4) is 0 Å². The van der Waals surface area contributed by atoms with E-state index < -0.39 is 7.12 Å². The highest BCUT2D eigenvalue weighted by Crippen LogP contribution is 1.99. The summed E-state index contributed by atoms with van der Waals surface area (Å²) >= 11 is 5.56. The third kappa shape index (κ3) is 10.1. The Morgan fingerprint density at radius 1 is 1.13 bits per heavy atom. The molecule has 0 aromatic heterocycles. The highest BCUT2D eigenvalue weighted by Gasteiger charge is 2.18. The first-order valence-corrected chi connectivity index (χ1v) is 5.95. The fraction of sp³-hybridized carbons (Fsp3) is 0.818. The first kappa shape index (κ1) is 14.8. The topological polar surface area (TPSA) is 18.5 Å². The van der Waals surface area contributed by atoms with Crippen LogP contribution in [0.2, 0.25) is 0 Å². The van der Waals surface area contributed by atoms with Gasteiger partial charge in [-0.3, -0.25) is 0 Å². The highest BCUT2D eigenvalue weighted by molar-refractivity contribution is 6.54. The van der Waals surface area contributed by atoms with Crippen molar-refractivity contribution in [3.8, 4) is 11.7 Å². The Morgan fingerprint density at radius 3 is 2.07 bits per heavy atom. The van der Waals surface area contributed by atoms with Gasteiger partial charge in [0.15, 0.2) is 0 Å². The van der Waals surface area contributed by atoms with Gasteiger partial charge in [-0.25, -0.2) is 0 Å². The van der Waals surface area contributed by atoms with Gasteiger partial charge in [0.25, 0.3) is 0 Å².